The number of fused-ring (bicyclic) bond motifs is 1. The Morgan fingerprint density at radius 1 is 1.53 bits per heavy atom. The fraction of sp³-hybridized carbons (Fsp3) is 0.0909. The summed E-state index contributed by atoms with van der Waals surface area (Å²) in [6, 6.07) is 3.65. The maximum absolute atomic E-state index is 11.4. The fourth-order valence-electron chi connectivity index (χ4n) is 1.23. The second kappa shape index (κ2) is 3.57. The number of aromatic nitrogens is 2. The Kier molecular flexibility index (Phi) is 2.25. The number of amides is 1. The van der Waals surface area contributed by atoms with Crippen LogP contribution in [0, 0.1) is 0 Å². The molecule has 76 valence electrons. The maximum Gasteiger partial charge on any atom is 0.250 e. The Labute approximate surface area is 87.3 Å². The summed E-state index contributed by atoms with van der Waals surface area (Å²) in [6.07, 6.45) is 5.34. The van der Waals surface area contributed by atoms with Crippen molar-refractivity contribution < 1.29 is 4.79 Å². The van der Waals surface area contributed by atoms with E-state index >= 15 is 0 Å². The van der Waals surface area contributed by atoms with Gasteiger partial charge >= 0.3 is 0 Å². The van der Waals surface area contributed by atoms with Gasteiger partial charge in [-0.25, -0.2) is 4.98 Å². The predicted octanol–water partition coefficient (Wildman–Crippen LogP) is 1.85. The van der Waals surface area contributed by atoms with Crippen molar-refractivity contribution in [3.05, 3.63) is 42.9 Å². The van der Waals surface area contributed by atoms with Crippen LogP contribution in [0.2, 0.25) is 0 Å². The van der Waals surface area contributed by atoms with Crippen molar-refractivity contribution in [1.82, 2.24) is 9.38 Å². The van der Waals surface area contributed by atoms with Crippen molar-refractivity contribution in [3.8, 4) is 0 Å². The first-order chi connectivity index (χ1) is 7.16. The summed E-state index contributed by atoms with van der Waals surface area (Å²) in [5.74, 6) is -0.172. The standard InChI is InChI=1S/C11H11N3O/c1-8(2)11(15)13-9-3-4-10-12-5-6-14(10)7-9/h3-7H,1H2,2H3,(H,13,15). The minimum Gasteiger partial charge on any atom is -0.321 e. The molecule has 0 aliphatic rings. The number of anilines is 1. The molecule has 0 unspecified atom stereocenters. The zero-order valence-electron chi connectivity index (χ0n) is 8.40. The van der Waals surface area contributed by atoms with Crippen LogP contribution in [0.25, 0.3) is 5.65 Å². The van der Waals surface area contributed by atoms with Gasteiger partial charge in [0.1, 0.15) is 5.65 Å². The Morgan fingerprint density at radius 3 is 3.07 bits per heavy atom. The van der Waals surface area contributed by atoms with Crippen LogP contribution in [0.5, 0.6) is 0 Å². The molecule has 2 aromatic rings. The van der Waals surface area contributed by atoms with Gasteiger partial charge in [0.15, 0.2) is 0 Å². The van der Waals surface area contributed by atoms with Gasteiger partial charge in [-0.1, -0.05) is 6.58 Å². The summed E-state index contributed by atoms with van der Waals surface area (Å²) in [6.45, 7) is 5.24. The van der Waals surface area contributed by atoms with E-state index in [1.165, 1.54) is 0 Å². The second-order valence-corrected chi connectivity index (χ2v) is 3.34. The fourth-order valence-corrected chi connectivity index (χ4v) is 1.23. The molecule has 2 aromatic heterocycles. The molecule has 1 amide bonds. The molecule has 2 rings (SSSR count). The molecule has 0 aromatic carbocycles. The molecular formula is C11H11N3O. The Bertz CT molecular complexity index is 527. The first-order valence-electron chi connectivity index (χ1n) is 4.56. The molecule has 2 heterocycles. The summed E-state index contributed by atoms with van der Waals surface area (Å²) in [4.78, 5) is 15.5. The molecular weight excluding hydrogens is 190 g/mol. The van der Waals surface area contributed by atoms with Gasteiger partial charge in [-0.2, -0.15) is 0 Å². The predicted molar refractivity (Wildman–Crippen MR) is 58.6 cm³/mol. The van der Waals surface area contributed by atoms with Crippen molar-refractivity contribution in [2.75, 3.05) is 5.32 Å². The van der Waals surface area contributed by atoms with E-state index in [-0.39, 0.29) is 5.91 Å². The molecule has 0 radical (unpaired) electrons. The third-order valence-corrected chi connectivity index (χ3v) is 2.03. The van der Waals surface area contributed by atoms with E-state index in [1.807, 2.05) is 28.9 Å². The molecule has 0 spiro atoms. The van der Waals surface area contributed by atoms with Gasteiger partial charge in [0, 0.05) is 24.2 Å². The average molecular weight is 201 g/mol. The van der Waals surface area contributed by atoms with Crippen LogP contribution in [-0.4, -0.2) is 15.3 Å². The quantitative estimate of drug-likeness (QED) is 0.754. The molecule has 4 heteroatoms. The molecule has 0 saturated heterocycles. The van der Waals surface area contributed by atoms with E-state index in [1.54, 1.807) is 13.1 Å². The van der Waals surface area contributed by atoms with Gasteiger partial charge < -0.3 is 9.72 Å². The number of hydrogen-bond acceptors (Lipinski definition) is 2. The number of imidazole rings is 1. The number of carbonyl (C=O) groups is 1. The number of nitrogens with zero attached hydrogens (tertiary/aromatic N) is 2. The minimum atomic E-state index is -0.172. The molecule has 15 heavy (non-hydrogen) atoms. The first kappa shape index (κ1) is 9.45. The molecule has 4 nitrogen and oxygen atoms in total. The van der Waals surface area contributed by atoms with E-state index in [4.69, 9.17) is 0 Å². The largest absolute Gasteiger partial charge is 0.321 e. The highest BCUT2D eigenvalue weighted by Crippen LogP contribution is 2.10. The highest BCUT2D eigenvalue weighted by Gasteiger charge is 2.02. The summed E-state index contributed by atoms with van der Waals surface area (Å²) in [7, 11) is 0. The molecule has 1 N–H and O–H groups in total. The first-order valence-corrected chi connectivity index (χ1v) is 4.56. The third-order valence-electron chi connectivity index (χ3n) is 2.03. The summed E-state index contributed by atoms with van der Waals surface area (Å²) < 4.78 is 1.84. The van der Waals surface area contributed by atoms with E-state index in [2.05, 4.69) is 16.9 Å². The van der Waals surface area contributed by atoms with Gasteiger partial charge in [0.2, 0.25) is 0 Å². The second-order valence-electron chi connectivity index (χ2n) is 3.34. The monoisotopic (exact) mass is 201 g/mol. The van der Waals surface area contributed by atoms with E-state index < -0.39 is 0 Å². The average Bonchev–Trinajstić information content (AvgIpc) is 2.64. The zero-order valence-corrected chi connectivity index (χ0v) is 8.40. The van der Waals surface area contributed by atoms with Gasteiger partial charge in [0.05, 0.1) is 5.69 Å². The zero-order chi connectivity index (χ0) is 10.8. The molecule has 0 atom stereocenters. The number of nitrogens with one attached hydrogen (secondary N) is 1. The van der Waals surface area contributed by atoms with Crippen molar-refractivity contribution in [2.24, 2.45) is 0 Å². The molecule has 0 saturated carbocycles. The Hall–Kier alpha value is -2.10. The normalized spacial score (nSPS) is 10.2. The molecule has 0 fully saturated rings. The van der Waals surface area contributed by atoms with Crippen LogP contribution in [0.1, 0.15) is 6.92 Å². The third kappa shape index (κ3) is 1.88. The number of hydrogen-bond donors (Lipinski definition) is 1. The lowest BCUT2D eigenvalue weighted by Crippen LogP contribution is -2.12. The number of pyridine rings is 1. The summed E-state index contributed by atoms with van der Waals surface area (Å²) in [5, 5.41) is 2.74. The highest BCUT2D eigenvalue weighted by atomic mass is 16.1. The van der Waals surface area contributed by atoms with Crippen molar-refractivity contribution in [3.63, 3.8) is 0 Å². The van der Waals surface area contributed by atoms with Gasteiger partial charge in [-0.3, -0.25) is 4.79 Å². The Balaban J connectivity index is 2.28. The van der Waals surface area contributed by atoms with Crippen LogP contribution >= 0.6 is 0 Å². The van der Waals surface area contributed by atoms with Crippen LogP contribution in [0.3, 0.4) is 0 Å². The van der Waals surface area contributed by atoms with Gasteiger partial charge in [-0.15, -0.1) is 0 Å². The van der Waals surface area contributed by atoms with Crippen LogP contribution < -0.4 is 5.32 Å². The van der Waals surface area contributed by atoms with Gasteiger partial charge in [0.25, 0.3) is 5.91 Å². The molecule has 0 aliphatic carbocycles. The lowest BCUT2D eigenvalue weighted by atomic mass is 10.3. The smallest absolute Gasteiger partial charge is 0.250 e. The maximum atomic E-state index is 11.4. The highest BCUT2D eigenvalue weighted by molar-refractivity contribution is 6.02. The summed E-state index contributed by atoms with van der Waals surface area (Å²) in [5.41, 5.74) is 2.07. The van der Waals surface area contributed by atoms with Crippen LogP contribution in [0.4, 0.5) is 5.69 Å². The minimum absolute atomic E-state index is 0.172. The Morgan fingerprint density at radius 2 is 2.33 bits per heavy atom. The topological polar surface area (TPSA) is 46.4 Å². The number of carbonyl (C=O) groups excluding carboxylic acids is 1. The van der Waals surface area contributed by atoms with Crippen LogP contribution in [0.15, 0.2) is 42.9 Å². The van der Waals surface area contributed by atoms with Crippen LogP contribution in [-0.2, 0) is 4.79 Å². The summed E-state index contributed by atoms with van der Waals surface area (Å²) >= 11 is 0. The van der Waals surface area contributed by atoms with Crippen molar-refractivity contribution in [2.45, 2.75) is 6.92 Å². The molecule has 0 aliphatic heterocycles. The lowest BCUT2D eigenvalue weighted by Gasteiger charge is -2.04. The number of rotatable bonds is 2. The molecule has 0 bridgehead atoms. The van der Waals surface area contributed by atoms with Crippen molar-refractivity contribution >= 4 is 17.2 Å². The van der Waals surface area contributed by atoms with Gasteiger partial charge in [-0.05, 0) is 19.1 Å². The lowest BCUT2D eigenvalue weighted by molar-refractivity contribution is -0.112. The van der Waals surface area contributed by atoms with Crippen molar-refractivity contribution in [1.29, 1.82) is 0 Å². The van der Waals surface area contributed by atoms with E-state index in [0.717, 1.165) is 11.3 Å². The van der Waals surface area contributed by atoms with E-state index in [0.29, 0.717) is 5.57 Å². The van der Waals surface area contributed by atoms with E-state index in [9.17, 15) is 4.79 Å². The SMILES string of the molecule is C=C(C)C(=O)Nc1ccc2nccn2c1.